The van der Waals surface area contributed by atoms with E-state index in [1.54, 1.807) is 0 Å². The highest BCUT2D eigenvalue weighted by Crippen LogP contribution is 2.38. The minimum absolute atomic E-state index is 0.593. The Morgan fingerprint density at radius 1 is 1.21 bits per heavy atom. The maximum Gasteiger partial charge on any atom is 0.136 e. The van der Waals surface area contributed by atoms with Gasteiger partial charge < -0.3 is 10.6 Å². The van der Waals surface area contributed by atoms with Crippen molar-refractivity contribution in [3.8, 4) is 0 Å². The van der Waals surface area contributed by atoms with Gasteiger partial charge in [-0.3, -0.25) is 0 Å². The Kier molecular flexibility index (Phi) is 5.76. The molecule has 2 N–H and O–H groups in total. The van der Waals surface area contributed by atoms with Crippen molar-refractivity contribution in [3.05, 3.63) is 11.9 Å². The van der Waals surface area contributed by atoms with Crippen LogP contribution < -0.4 is 10.6 Å². The number of thioether (sulfide) groups is 1. The molecule has 1 aromatic rings. The molecule has 1 aliphatic carbocycles. The molecule has 1 fully saturated rings. The average Bonchev–Trinajstić information content (AvgIpc) is 3.26. The van der Waals surface area contributed by atoms with Crippen molar-refractivity contribution < 1.29 is 0 Å². The Bertz CT molecular complexity index is 393. The molecule has 2 rings (SSSR count). The normalized spacial score (nSPS) is 14.4. The van der Waals surface area contributed by atoms with Gasteiger partial charge in [-0.05, 0) is 37.7 Å². The third-order valence-corrected chi connectivity index (χ3v) is 3.77. The lowest BCUT2D eigenvalue weighted by Gasteiger charge is -2.10. The van der Waals surface area contributed by atoms with E-state index in [2.05, 4.69) is 33.8 Å². The summed E-state index contributed by atoms with van der Waals surface area (Å²) in [5, 5.41) is 6.78. The summed E-state index contributed by atoms with van der Waals surface area (Å²) < 4.78 is 0. The van der Waals surface area contributed by atoms with Crippen LogP contribution in [0.5, 0.6) is 0 Å². The summed E-state index contributed by atoms with van der Waals surface area (Å²) in [6.45, 7) is 4.11. The molecule has 5 heteroatoms. The third-order valence-electron chi connectivity index (χ3n) is 3.07. The van der Waals surface area contributed by atoms with Gasteiger partial charge >= 0.3 is 0 Å². The number of rotatable bonds is 9. The van der Waals surface area contributed by atoms with E-state index in [1.165, 1.54) is 25.0 Å². The van der Waals surface area contributed by atoms with Crippen LogP contribution in [0.4, 0.5) is 11.6 Å². The zero-order valence-electron chi connectivity index (χ0n) is 11.9. The number of hydrogen-bond donors (Lipinski definition) is 2. The first-order valence-electron chi connectivity index (χ1n) is 7.19. The molecule has 1 saturated carbocycles. The first kappa shape index (κ1) is 14.4. The average molecular weight is 280 g/mol. The second-order valence-corrected chi connectivity index (χ2v) is 5.96. The number of nitrogens with zero attached hydrogens (tertiary/aromatic N) is 2. The standard InChI is InChI=1S/C14H24N4S/c1-3-7-15-12-10-13(16-8-4-9-19-2)18-14(17-12)11-5-6-11/h10-11H,3-9H2,1-2H3,(H2,15,16,17,18). The SMILES string of the molecule is CCCNc1cc(NCCCSC)nc(C2CC2)n1. The van der Waals surface area contributed by atoms with Crippen molar-refractivity contribution >= 4 is 23.4 Å². The van der Waals surface area contributed by atoms with Crippen molar-refractivity contribution in [3.63, 3.8) is 0 Å². The van der Waals surface area contributed by atoms with Crippen molar-refractivity contribution in [1.82, 2.24) is 9.97 Å². The topological polar surface area (TPSA) is 49.8 Å². The highest BCUT2D eigenvalue weighted by molar-refractivity contribution is 7.98. The first-order chi connectivity index (χ1) is 9.33. The predicted octanol–water partition coefficient (Wildman–Crippen LogP) is 3.34. The molecule has 0 unspecified atom stereocenters. The molecule has 1 heterocycles. The summed E-state index contributed by atoms with van der Waals surface area (Å²) in [6, 6.07) is 2.03. The van der Waals surface area contributed by atoms with Gasteiger partial charge in [0.25, 0.3) is 0 Å². The van der Waals surface area contributed by atoms with Crippen LogP contribution in [0, 0.1) is 0 Å². The lowest BCUT2D eigenvalue weighted by Crippen LogP contribution is -2.09. The van der Waals surface area contributed by atoms with Crippen LogP contribution >= 0.6 is 11.8 Å². The van der Waals surface area contributed by atoms with Crippen LogP contribution in [-0.2, 0) is 0 Å². The van der Waals surface area contributed by atoms with Crippen LogP contribution in [0.1, 0.15) is 44.3 Å². The summed E-state index contributed by atoms with van der Waals surface area (Å²) in [5.41, 5.74) is 0. The summed E-state index contributed by atoms with van der Waals surface area (Å²) in [7, 11) is 0. The number of nitrogens with one attached hydrogen (secondary N) is 2. The predicted molar refractivity (Wildman–Crippen MR) is 84.3 cm³/mol. The van der Waals surface area contributed by atoms with E-state index < -0.39 is 0 Å². The largest absolute Gasteiger partial charge is 0.370 e. The van der Waals surface area contributed by atoms with Crippen molar-refractivity contribution in [2.45, 2.75) is 38.5 Å². The van der Waals surface area contributed by atoms with Gasteiger partial charge in [-0.2, -0.15) is 11.8 Å². The minimum atomic E-state index is 0.593. The monoisotopic (exact) mass is 280 g/mol. The Labute approximate surface area is 120 Å². The van der Waals surface area contributed by atoms with E-state index >= 15 is 0 Å². The molecule has 106 valence electrons. The molecule has 0 aromatic carbocycles. The highest BCUT2D eigenvalue weighted by Gasteiger charge is 2.27. The number of hydrogen-bond acceptors (Lipinski definition) is 5. The lowest BCUT2D eigenvalue weighted by atomic mass is 10.3. The lowest BCUT2D eigenvalue weighted by molar-refractivity contribution is 0.898. The molecule has 1 aliphatic rings. The second kappa shape index (κ2) is 7.58. The van der Waals surface area contributed by atoms with Crippen LogP contribution in [-0.4, -0.2) is 35.1 Å². The van der Waals surface area contributed by atoms with E-state index in [0.717, 1.165) is 37.0 Å². The van der Waals surface area contributed by atoms with Gasteiger partial charge in [-0.25, -0.2) is 9.97 Å². The Morgan fingerprint density at radius 2 is 1.89 bits per heavy atom. The number of aromatic nitrogens is 2. The number of anilines is 2. The van der Waals surface area contributed by atoms with E-state index in [4.69, 9.17) is 0 Å². The van der Waals surface area contributed by atoms with Crippen LogP contribution in [0.2, 0.25) is 0 Å². The smallest absolute Gasteiger partial charge is 0.136 e. The van der Waals surface area contributed by atoms with E-state index in [0.29, 0.717) is 5.92 Å². The van der Waals surface area contributed by atoms with Gasteiger partial charge in [0.1, 0.15) is 17.5 Å². The van der Waals surface area contributed by atoms with E-state index in [9.17, 15) is 0 Å². The fourth-order valence-corrected chi connectivity index (χ4v) is 2.29. The quantitative estimate of drug-likeness (QED) is 0.679. The van der Waals surface area contributed by atoms with E-state index in [1.807, 2.05) is 17.8 Å². The first-order valence-corrected chi connectivity index (χ1v) is 8.58. The molecule has 0 spiro atoms. The van der Waals surface area contributed by atoms with Gasteiger partial charge in [0.05, 0.1) is 0 Å². The third kappa shape index (κ3) is 4.90. The summed E-state index contributed by atoms with van der Waals surface area (Å²) in [4.78, 5) is 9.24. The fourth-order valence-electron chi connectivity index (χ4n) is 1.86. The second-order valence-electron chi connectivity index (χ2n) is 4.97. The van der Waals surface area contributed by atoms with Crippen LogP contribution in [0.15, 0.2) is 6.07 Å². The Balaban J connectivity index is 1.97. The molecule has 0 amide bonds. The van der Waals surface area contributed by atoms with Crippen molar-refractivity contribution in [2.75, 3.05) is 35.7 Å². The Morgan fingerprint density at radius 3 is 2.47 bits per heavy atom. The summed E-state index contributed by atoms with van der Waals surface area (Å²) in [5.74, 6) is 4.72. The highest BCUT2D eigenvalue weighted by atomic mass is 32.2. The van der Waals surface area contributed by atoms with Crippen molar-refractivity contribution in [1.29, 1.82) is 0 Å². The molecular formula is C14H24N4S. The van der Waals surface area contributed by atoms with Gasteiger partial charge in [-0.15, -0.1) is 0 Å². The molecule has 0 bridgehead atoms. The van der Waals surface area contributed by atoms with Crippen LogP contribution in [0.25, 0.3) is 0 Å². The fraction of sp³-hybridized carbons (Fsp3) is 0.714. The molecule has 19 heavy (non-hydrogen) atoms. The summed E-state index contributed by atoms with van der Waals surface area (Å²) in [6.07, 6.45) is 6.90. The van der Waals surface area contributed by atoms with Crippen molar-refractivity contribution in [2.24, 2.45) is 0 Å². The molecule has 1 aromatic heterocycles. The molecule has 0 aliphatic heterocycles. The maximum absolute atomic E-state index is 4.63. The molecule has 0 atom stereocenters. The molecular weight excluding hydrogens is 256 g/mol. The van der Waals surface area contributed by atoms with Gasteiger partial charge in [0.15, 0.2) is 0 Å². The van der Waals surface area contributed by atoms with Gasteiger partial charge in [0.2, 0.25) is 0 Å². The molecule has 0 radical (unpaired) electrons. The zero-order chi connectivity index (χ0) is 13.5. The van der Waals surface area contributed by atoms with Gasteiger partial charge in [0, 0.05) is 25.1 Å². The zero-order valence-corrected chi connectivity index (χ0v) is 12.7. The molecule has 4 nitrogen and oxygen atoms in total. The summed E-state index contributed by atoms with van der Waals surface area (Å²) >= 11 is 1.88. The minimum Gasteiger partial charge on any atom is -0.370 e. The molecule has 0 saturated heterocycles. The maximum atomic E-state index is 4.63. The Hall–Kier alpha value is -0.970. The van der Waals surface area contributed by atoms with E-state index in [-0.39, 0.29) is 0 Å². The van der Waals surface area contributed by atoms with Crippen LogP contribution in [0.3, 0.4) is 0 Å². The van der Waals surface area contributed by atoms with Gasteiger partial charge in [-0.1, -0.05) is 6.92 Å².